The molecule has 1 aromatic carbocycles. The van der Waals surface area contributed by atoms with Crippen LogP contribution in [-0.2, 0) is 4.74 Å². The van der Waals surface area contributed by atoms with Gasteiger partial charge in [-0.1, -0.05) is 23.5 Å². The molecule has 4 nitrogen and oxygen atoms in total. The maximum atomic E-state index is 12.4. The van der Waals surface area contributed by atoms with E-state index in [2.05, 4.69) is 17.2 Å². The molecule has 0 radical (unpaired) electrons. The van der Waals surface area contributed by atoms with Gasteiger partial charge in [0.25, 0.3) is 5.91 Å². The zero-order valence-electron chi connectivity index (χ0n) is 11.9. The lowest BCUT2D eigenvalue weighted by Gasteiger charge is -2.16. The Kier molecular flexibility index (Phi) is 4.78. The predicted molar refractivity (Wildman–Crippen MR) is 78.4 cm³/mol. The van der Waals surface area contributed by atoms with Crippen LogP contribution in [0.25, 0.3) is 0 Å². The number of nitrogens with one attached hydrogen (secondary N) is 1. The van der Waals surface area contributed by atoms with Crippen LogP contribution in [0.1, 0.15) is 34.8 Å². The van der Waals surface area contributed by atoms with E-state index in [9.17, 15) is 4.79 Å². The molecule has 0 bridgehead atoms. The molecule has 2 rings (SSSR count). The van der Waals surface area contributed by atoms with Gasteiger partial charge in [0, 0.05) is 12.2 Å². The van der Waals surface area contributed by atoms with E-state index >= 15 is 0 Å². The van der Waals surface area contributed by atoms with E-state index in [0.717, 1.165) is 12.0 Å². The van der Waals surface area contributed by atoms with Crippen molar-refractivity contribution in [3.8, 4) is 11.8 Å². The van der Waals surface area contributed by atoms with Crippen LogP contribution in [0.5, 0.6) is 0 Å². The first kappa shape index (κ1) is 14.6. The van der Waals surface area contributed by atoms with E-state index in [1.165, 1.54) is 0 Å². The number of hydrogen-bond acceptors (Lipinski definition) is 3. The Bertz CT molecular complexity index is 557. The van der Waals surface area contributed by atoms with Gasteiger partial charge in [-0.2, -0.15) is 0 Å². The minimum Gasteiger partial charge on any atom is -0.376 e. The van der Waals surface area contributed by atoms with Crippen LogP contribution >= 0.6 is 0 Å². The molecular formula is C16H20N2O2. The molecule has 1 aromatic rings. The Morgan fingerprint density at radius 1 is 1.55 bits per heavy atom. The Balaban J connectivity index is 2.21. The smallest absolute Gasteiger partial charge is 0.252 e. The zero-order valence-corrected chi connectivity index (χ0v) is 11.9. The van der Waals surface area contributed by atoms with Crippen molar-refractivity contribution in [3.05, 3.63) is 34.9 Å². The summed E-state index contributed by atoms with van der Waals surface area (Å²) in [5, 5.41) is 3.03. The highest BCUT2D eigenvalue weighted by Gasteiger charge is 2.26. The molecule has 0 aliphatic carbocycles. The van der Waals surface area contributed by atoms with Gasteiger partial charge in [0.05, 0.1) is 24.3 Å². The Morgan fingerprint density at radius 3 is 3.00 bits per heavy atom. The molecule has 1 heterocycles. The summed E-state index contributed by atoms with van der Waals surface area (Å²) in [5.41, 5.74) is 7.74. The third-order valence-electron chi connectivity index (χ3n) is 3.44. The highest BCUT2D eigenvalue weighted by Crippen LogP contribution is 2.15. The summed E-state index contributed by atoms with van der Waals surface area (Å²) in [7, 11) is 0. The summed E-state index contributed by atoms with van der Waals surface area (Å²) < 4.78 is 5.46. The standard InChI is InChI=1S/C16H20N2O2/c1-11-5-6-13(4-3-8-17)14(10-11)16(19)18-15-7-9-20-12(15)2/h5-6,10,12,15H,7-9,17H2,1-2H3,(H,18,19). The number of benzene rings is 1. The number of ether oxygens (including phenoxy) is 1. The summed E-state index contributed by atoms with van der Waals surface area (Å²) >= 11 is 0. The first-order valence-electron chi connectivity index (χ1n) is 6.84. The lowest BCUT2D eigenvalue weighted by Crippen LogP contribution is -2.39. The fourth-order valence-electron chi connectivity index (χ4n) is 2.27. The van der Waals surface area contributed by atoms with E-state index in [-0.39, 0.29) is 24.6 Å². The predicted octanol–water partition coefficient (Wildman–Crippen LogP) is 1.21. The zero-order chi connectivity index (χ0) is 14.5. The molecule has 0 aromatic heterocycles. The van der Waals surface area contributed by atoms with Crippen LogP contribution in [0.4, 0.5) is 0 Å². The molecule has 2 unspecified atom stereocenters. The average Bonchev–Trinajstić information content (AvgIpc) is 2.83. The molecule has 1 amide bonds. The summed E-state index contributed by atoms with van der Waals surface area (Å²) in [6.45, 7) is 4.91. The first-order chi connectivity index (χ1) is 9.61. The van der Waals surface area contributed by atoms with Gasteiger partial charge in [-0.05, 0) is 32.4 Å². The molecule has 20 heavy (non-hydrogen) atoms. The van der Waals surface area contributed by atoms with Gasteiger partial charge in [-0.15, -0.1) is 0 Å². The fraction of sp³-hybridized carbons (Fsp3) is 0.438. The van der Waals surface area contributed by atoms with Crippen molar-refractivity contribution in [2.24, 2.45) is 5.73 Å². The van der Waals surface area contributed by atoms with E-state index in [1.807, 2.05) is 32.0 Å². The summed E-state index contributed by atoms with van der Waals surface area (Å²) in [5.74, 6) is 5.65. The van der Waals surface area contributed by atoms with Crippen molar-refractivity contribution in [1.82, 2.24) is 5.32 Å². The largest absolute Gasteiger partial charge is 0.376 e. The minimum atomic E-state index is -0.0997. The second-order valence-corrected chi connectivity index (χ2v) is 5.00. The normalized spacial score (nSPS) is 21.1. The van der Waals surface area contributed by atoms with Crippen LogP contribution in [0, 0.1) is 18.8 Å². The summed E-state index contributed by atoms with van der Waals surface area (Å²) in [6.07, 6.45) is 0.907. The molecule has 0 spiro atoms. The molecule has 1 saturated heterocycles. The third-order valence-corrected chi connectivity index (χ3v) is 3.44. The Labute approximate surface area is 119 Å². The lowest BCUT2D eigenvalue weighted by atomic mass is 10.0. The SMILES string of the molecule is Cc1ccc(C#CCN)c(C(=O)NC2CCOC2C)c1. The lowest BCUT2D eigenvalue weighted by molar-refractivity contribution is 0.0866. The van der Waals surface area contributed by atoms with E-state index in [4.69, 9.17) is 10.5 Å². The van der Waals surface area contributed by atoms with Crippen LogP contribution in [0.15, 0.2) is 18.2 Å². The van der Waals surface area contributed by atoms with Gasteiger partial charge in [-0.25, -0.2) is 0 Å². The topological polar surface area (TPSA) is 64.4 Å². The number of nitrogens with two attached hydrogens (primary N) is 1. The average molecular weight is 272 g/mol. The molecule has 4 heteroatoms. The quantitative estimate of drug-likeness (QED) is 0.795. The van der Waals surface area contributed by atoms with Gasteiger partial charge in [0.15, 0.2) is 0 Å². The Morgan fingerprint density at radius 2 is 2.35 bits per heavy atom. The summed E-state index contributed by atoms with van der Waals surface area (Å²) in [6, 6.07) is 5.73. The molecule has 1 fully saturated rings. The molecule has 0 saturated carbocycles. The Hall–Kier alpha value is -1.83. The maximum absolute atomic E-state index is 12.4. The van der Waals surface area contributed by atoms with Gasteiger partial charge in [0.1, 0.15) is 0 Å². The van der Waals surface area contributed by atoms with Crippen LogP contribution in [0.3, 0.4) is 0 Å². The van der Waals surface area contributed by atoms with Crippen LogP contribution in [0.2, 0.25) is 0 Å². The van der Waals surface area contributed by atoms with Crippen molar-refractivity contribution in [3.63, 3.8) is 0 Å². The summed E-state index contributed by atoms with van der Waals surface area (Å²) in [4.78, 5) is 12.4. The van der Waals surface area contributed by atoms with Crippen molar-refractivity contribution in [2.45, 2.75) is 32.4 Å². The maximum Gasteiger partial charge on any atom is 0.252 e. The van der Waals surface area contributed by atoms with Gasteiger partial charge >= 0.3 is 0 Å². The first-order valence-corrected chi connectivity index (χ1v) is 6.84. The van der Waals surface area contributed by atoms with Crippen molar-refractivity contribution >= 4 is 5.91 Å². The van der Waals surface area contributed by atoms with Crippen LogP contribution < -0.4 is 11.1 Å². The number of carbonyl (C=O) groups is 1. The van der Waals surface area contributed by atoms with Gasteiger partial charge in [-0.3, -0.25) is 4.79 Å². The number of rotatable bonds is 2. The third kappa shape index (κ3) is 3.38. The molecule has 1 aliphatic heterocycles. The molecule has 106 valence electrons. The van der Waals surface area contributed by atoms with Crippen molar-refractivity contribution in [1.29, 1.82) is 0 Å². The van der Waals surface area contributed by atoms with E-state index in [0.29, 0.717) is 17.7 Å². The van der Waals surface area contributed by atoms with E-state index in [1.54, 1.807) is 0 Å². The molecule has 3 N–H and O–H groups in total. The monoisotopic (exact) mass is 272 g/mol. The number of aryl methyl sites for hydroxylation is 1. The van der Waals surface area contributed by atoms with Crippen LogP contribution in [-0.4, -0.2) is 31.2 Å². The number of hydrogen-bond donors (Lipinski definition) is 2. The second-order valence-electron chi connectivity index (χ2n) is 5.00. The molecule has 1 aliphatic rings. The second kappa shape index (κ2) is 6.56. The van der Waals surface area contributed by atoms with E-state index < -0.39 is 0 Å². The molecule has 2 atom stereocenters. The highest BCUT2D eigenvalue weighted by molar-refractivity contribution is 5.97. The minimum absolute atomic E-state index is 0.0577. The van der Waals surface area contributed by atoms with Crippen molar-refractivity contribution in [2.75, 3.05) is 13.2 Å². The van der Waals surface area contributed by atoms with Gasteiger partial charge in [0.2, 0.25) is 0 Å². The molecular weight excluding hydrogens is 252 g/mol. The highest BCUT2D eigenvalue weighted by atomic mass is 16.5. The number of carbonyl (C=O) groups excluding carboxylic acids is 1. The van der Waals surface area contributed by atoms with Gasteiger partial charge < -0.3 is 15.8 Å². The van der Waals surface area contributed by atoms with Crippen molar-refractivity contribution < 1.29 is 9.53 Å². The number of amides is 1. The fourth-order valence-corrected chi connectivity index (χ4v) is 2.27.